The average Bonchev–Trinajstić information content (AvgIpc) is 2.96. The van der Waals surface area contributed by atoms with Crippen molar-refractivity contribution in [2.45, 2.75) is 13.3 Å². The van der Waals surface area contributed by atoms with Gasteiger partial charge in [-0.25, -0.2) is 4.98 Å². The van der Waals surface area contributed by atoms with Gasteiger partial charge in [0.2, 0.25) is 5.91 Å². The molecule has 0 saturated heterocycles. The molecule has 0 saturated carbocycles. The molecule has 2 heterocycles. The van der Waals surface area contributed by atoms with Crippen molar-refractivity contribution in [3.8, 4) is 10.6 Å². The van der Waals surface area contributed by atoms with E-state index in [9.17, 15) is 14.9 Å². The van der Waals surface area contributed by atoms with Gasteiger partial charge in [0.05, 0.1) is 27.6 Å². The number of anilines is 1. The number of nitrogens with zero attached hydrogens (tertiary/aromatic N) is 3. The van der Waals surface area contributed by atoms with E-state index in [4.69, 9.17) is 0 Å². The van der Waals surface area contributed by atoms with E-state index >= 15 is 0 Å². The number of amides is 1. The first-order valence-corrected chi connectivity index (χ1v) is 8.27. The van der Waals surface area contributed by atoms with Crippen LogP contribution in [0, 0.1) is 17.0 Å². The van der Waals surface area contributed by atoms with Crippen LogP contribution in [0.5, 0.6) is 0 Å². The predicted octanol–water partition coefficient (Wildman–Crippen LogP) is 3.60. The molecule has 126 valence electrons. The summed E-state index contributed by atoms with van der Waals surface area (Å²) in [7, 11) is 0. The van der Waals surface area contributed by atoms with Gasteiger partial charge in [-0.1, -0.05) is 35.6 Å². The van der Waals surface area contributed by atoms with Gasteiger partial charge in [-0.05, 0) is 19.1 Å². The second-order valence-electron chi connectivity index (χ2n) is 5.26. The molecule has 0 fully saturated rings. The monoisotopic (exact) mass is 354 g/mol. The van der Waals surface area contributed by atoms with E-state index in [0.29, 0.717) is 10.7 Å². The van der Waals surface area contributed by atoms with Gasteiger partial charge in [0.1, 0.15) is 0 Å². The maximum Gasteiger partial charge on any atom is 0.273 e. The van der Waals surface area contributed by atoms with Crippen molar-refractivity contribution >= 4 is 28.1 Å². The zero-order valence-electron chi connectivity index (χ0n) is 13.3. The molecular weight excluding hydrogens is 340 g/mol. The van der Waals surface area contributed by atoms with Gasteiger partial charge in [-0.3, -0.25) is 19.9 Å². The highest BCUT2D eigenvalue weighted by Gasteiger charge is 2.17. The minimum atomic E-state index is -0.491. The molecule has 0 aliphatic carbocycles. The number of nitro benzene ring substituents is 1. The minimum Gasteiger partial charge on any atom is -0.302 e. The number of para-hydroxylation sites is 1. The Kier molecular flexibility index (Phi) is 4.80. The van der Waals surface area contributed by atoms with Gasteiger partial charge < -0.3 is 5.32 Å². The van der Waals surface area contributed by atoms with Gasteiger partial charge in [0, 0.05) is 17.8 Å². The van der Waals surface area contributed by atoms with E-state index in [2.05, 4.69) is 15.3 Å². The second kappa shape index (κ2) is 7.18. The summed E-state index contributed by atoms with van der Waals surface area (Å²) in [6.07, 6.45) is 1.61. The highest BCUT2D eigenvalue weighted by atomic mass is 32.1. The summed E-state index contributed by atoms with van der Waals surface area (Å²) < 4.78 is 0. The molecule has 0 aliphatic rings. The number of carbonyl (C=O) groups excluding carboxylic acids is 1. The summed E-state index contributed by atoms with van der Waals surface area (Å²) >= 11 is 1.32. The number of hydrogen-bond acceptors (Lipinski definition) is 6. The van der Waals surface area contributed by atoms with Gasteiger partial charge in [0.25, 0.3) is 5.69 Å². The molecule has 3 aromatic rings. The van der Waals surface area contributed by atoms with Crippen LogP contribution >= 0.6 is 11.3 Å². The molecule has 0 bridgehead atoms. The van der Waals surface area contributed by atoms with Crippen molar-refractivity contribution in [1.82, 2.24) is 9.97 Å². The zero-order chi connectivity index (χ0) is 17.8. The molecule has 0 spiro atoms. The first kappa shape index (κ1) is 16.7. The zero-order valence-corrected chi connectivity index (χ0v) is 14.1. The van der Waals surface area contributed by atoms with E-state index in [0.717, 1.165) is 16.3 Å². The van der Waals surface area contributed by atoms with Crippen molar-refractivity contribution in [1.29, 1.82) is 0 Å². The Bertz CT molecular complexity index is 925. The Morgan fingerprint density at radius 3 is 2.72 bits per heavy atom. The fourth-order valence-corrected chi connectivity index (χ4v) is 3.32. The lowest BCUT2D eigenvalue weighted by Gasteiger charge is -2.03. The van der Waals surface area contributed by atoms with E-state index in [1.807, 2.05) is 25.1 Å². The van der Waals surface area contributed by atoms with Crippen molar-refractivity contribution in [2.24, 2.45) is 0 Å². The first-order chi connectivity index (χ1) is 12.0. The highest BCUT2D eigenvalue weighted by molar-refractivity contribution is 7.19. The number of hydrogen-bond donors (Lipinski definition) is 1. The number of nitrogens with one attached hydrogen (secondary N) is 1. The highest BCUT2D eigenvalue weighted by Crippen LogP contribution is 2.31. The lowest BCUT2D eigenvalue weighted by molar-refractivity contribution is -0.385. The van der Waals surface area contributed by atoms with Gasteiger partial charge in [-0.2, -0.15) is 0 Å². The summed E-state index contributed by atoms with van der Waals surface area (Å²) in [6, 6.07) is 11.8. The summed E-state index contributed by atoms with van der Waals surface area (Å²) in [5.41, 5.74) is 1.85. The molecule has 7 nitrogen and oxygen atoms in total. The lowest BCUT2D eigenvalue weighted by Crippen LogP contribution is -2.15. The molecule has 1 amide bonds. The van der Waals surface area contributed by atoms with Crippen LogP contribution in [0.3, 0.4) is 0 Å². The lowest BCUT2D eigenvalue weighted by atomic mass is 10.1. The van der Waals surface area contributed by atoms with Gasteiger partial charge in [0.15, 0.2) is 5.13 Å². The molecule has 0 radical (unpaired) electrons. The fourth-order valence-electron chi connectivity index (χ4n) is 2.36. The summed E-state index contributed by atoms with van der Waals surface area (Å²) in [5.74, 6) is -0.351. The van der Waals surface area contributed by atoms with Gasteiger partial charge in [-0.15, -0.1) is 0 Å². The summed E-state index contributed by atoms with van der Waals surface area (Å²) in [4.78, 5) is 32.3. The number of nitro groups is 1. The third kappa shape index (κ3) is 3.86. The van der Waals surface area contributed by atoms with E-state index in [1.165, 1.54) is 17.4 Å². The molecule has 25 heavy (non-hydrogen) atoms. The number of thiazole rings is 1. The van der Waals surface area contributed by atoms with E-state index in [1.54, 1.807) is 24.4 Å². The number of pyridine rings is 1. The van der Waals surface area contributed by atoms with Gasteiger partial charge >= 0.3 is 0 Å². The van der Waals surface area contributed by atoms with E-state index in [-0.39, 0.29) is 18.0 Å². The minimum absolute atomic E-state index is 0.0675. The Labute approximate surface area is 147 Å². The number of benzene rings is 1. The molecule has 8 heteroatoms. The summed E-state index contributed by atoms with van der Waals surface area (Å²) in [5, 5.41) is 14.2. The quantitative estimate of drug-likeness (QED) is 0.557. The maximum atomic E-state index is 12.2. The molecule has 0 unspecified atom stereocenters. The molecule has 3 rings (SSSR count). The topological polar surface area (TPSA) is 98.0 Å². The van der Waals surface area contributed by atoms with Crippen LogP contribution in [0.1, 0.15) is 11.3 Å². The Balaban J connectivity index is 1.75. The smallest absolute Gasteiger partial charge is 0.273 e. The maximum absolute atomic E-state index is 12.2. The summed E-state index contributed by atoms with van der Waals surface area (Å²) in [6.45, 7) is 1.85. The number of aryl methyl sites for hydroxylation is 1. The van der Waals surface area contributed by atoms with Crippen molar-refractivity contribution < 1.29 is 9.72 Å². The van der Waals surface area contributed by atoms with Crippen LogP contribution in [0.15, 0.2) is 48.7 Å². The standard InChI is InChI=1S/C17H14N4O3S/c1-11-16(13-7-4-5-9-18-13)25-17(19-11)20-15(22)10-12-6-2-3-8-14(12)21(23)24/h2-9H,10H2,1H3,(H,19,20,22). The number of aromatic nitrogens is 2. The number of rotatable bonds is 5. The van der Waals surface area contributed by atoms with Crippen LogP contribution in [0.2, 0.25) is 0 Å². The van der Waals surface area contributed by atoms with Crippen LogP contribution < -0.4 is 5.32 Å². The molecule has 1 aromatic carbocycles. The van der Waals surface area contributed by atoms with Crippen LogP contribution in [0.25, 0.3) is 10.6 Å². The molecular formula is C17H14N4O3S. The Morgan fingerprint density at radius 1 is 1.24 bits per heavy atom. The fraction of sp³-hybridized carbons (Fsp3) is 0.118. The van der Waals surface area contributed by atoms with Crippen molar-refractivity contribution in [2.75, 3.05) is 5.32 Å². The average molecular weight is 354 g/mol. The van der Waals surface area contributed by atoms with Crippen molar-refractivity contribution in [3.05, 3.63) is 70.0 Å². The Morgan fingerprint density at radius 2 is 2.00 bits per heavy atom. The van der Waals surface area contributed by atoms with E-state index < -0.39 is 4.92 Å². The second-order valence-corrected chi connectivity index (χ2v) is 6.26. The predicted molar refractivity (Wildman–Crippen MR) is 95.5 cm³/mol. The molecule has 2 aromatic heterocycles. The van der Waals surface area contributed by atoms with Crippen LogP contribution in [-0.2, 0) is 11.2 Å². The molecule has 1 N–H and O–H groups in total. The molecule has 0 atom stereocenters. The third-order valence-corrected chi connectivity index (χ3v) is 4.58. The van der Waals surface area contributed by atoms with Crippen LogP contribution in [-0.4, -0.2) is 20.8 Å². The Hall–Kier alpha value is -3.13. The molecule has 0 aliphatic heterocycles. The SMILES string of the molecule is Cc1nc(NC(=O)Cc2ccccc2[N+](=O)[O-])sc1-c1ccccn1. The third-order valence-electron chi connectivity index (χ3n) is 3.48. The number of carbonyl (C=O) groups is 1. The first-order valence-electron chi connectivity index (χ1n) is 7.45. The van der Waals surface area contributed by atoms with Crippen molar-refractivity contribution in [3.63, 3.8) is 0 Å². The largest absolute Gasteiger partial charge is 0.302 e. The normalized spacial score (nSPS) is 10.4. The van der Waals surface area contributed by atoms with Crippen LogP contribution in [0.4, 0.5) is 10.8 Å².